The Morgan fingerprint density at radius 2 is 1.79 bits per heavy atom. The van der Waals surface area contributed by atoms with E-state index in [2.05, 4.69) is 9.83 Å². The molecule has 3 aromatic carbocycles. The van der Waals surface area contributed by atoms with Gasteiger partial charge >= 0.3 is 0 Å². The molecule has 0 aliphatic heterocycles. The van der Waals surface area contributed by atoms with Crippen molar-refractivity contribution < 1.29 is 13.9 Å². The highest BCUT2D eigenvalue weighted by Crippen LogP contribution is 2.38. The molecule has 1 aromatic heterocycles. The van der Waals surface area contributed by atoms with Crippen LogP contribution in [0.25, 0.3) is 38.0 Å². The lowest BCUT2D eigenvalue weighted by Crippen LogP contribution is -2.09. The van der Waals surface area contributed by atoms with Crippen LogP contribution in [-0.4, -0.2) is 10.1 Å². The molecule has 0 saturated carbocycles. The summed E-state index contributed by atoms with van der Waals surface area (Å²) in [6.45, 7) is 7.17. The number of nitrogens with zero attached hydrogens (tertiary/aromatic N) is 1. The number of benzene rings is 3. The van der Waals surface area contributed by atoms with Gasteiger partial charge in [-0.3, -0.25) is 4.79 Å². The molecule has 7 heteroatoms. The Morgan fingerprint density at radius 3 is 2.52 bits per heavy atom. The molecule has 0 spiro atoms. The van der Waals surface area contributed by atoms with E-state index in [0.29, 0.717) is 11.1 Å². The number of nitrogens with one attached hydrogen (secondary N) is 1. The summed E-state index contributed by atoms with van der Waals surface area (Å²) in [6.07, 6.45) is 0. The fraction of sp³-hybridized carbons (Fsp3) is 0. The largest absolute Gasteiger partial charge is 0.506 e. The number of hydrogen-bond donors (Lipinski definition) is 2. The molecule has 0 amide bonds. The highest BCUT2D eigenvalue weighted by molar-refractivity contribution is 6.34. The summed E-state index contributed by atoms with van der Waals surface area (Å²) in [5.41, 5.74) is 0.734. The summed E-state index contributed by atoms with van der Waals surface area (Å²) in [5.74, 6) is -1.75. The Morgan fingerprint density at radius 1 is 1.03 bits per heavy atom. The number of hydrogen-bond acceptors (Lipinski definition) is 2. The number of H-pyrrole nitrogens is 1. The van der Waals surface area contributed by atoms with Crippen molar-refractivity contribution in [3.8, 4) is 28.0 Å². The first kappa shape index (κ1) is 18.7. The van der Waals surface area contributed by atoms with E-state index in [0.717, 1.165) is 12.1 Å². The summed E-state index contributed by atoms with van der Waals surface area (Å²) < 4.78 is 27.4. The third-order valence-electron chi connectivity index (χ3n) is 4.57. The third-order valence-corrected chi connectivity index (χ3v) is 4.87. The van der Waals surface area contributed by atoms with E-state index in [4.69, 9.17) is 18.2 Å². The highest BCUT2D eigenvalue weighted by atomic mass is 35.5. The molecular weight excluding hydrogens is 398 g/mol. The lowest BCUT2D eigenvalue weighted by Gasteiger charge is -2.11. The monoisotopic (exact) mass is 408 g/mol. The molecule has 142 valence electrons. The van der Waals surface area contributed by atoms with Crippen molar-refractivity contribution in [1.29, 1.82) is 0 Å². The first-order valence-corrected chi connectivity index (χ1v) is 8.78. The number of pyridine rings is 1. The summed E-state index contributed by atoms with van der Waals surface area (Å²) in [5, 5.41) is 11.2. The van der Waals surface area contributed by atoms with E-state index in [-0.39, 0.29) is 38.5 Å². The number of fused-ring (bicyclic) bond motifs is 1. The minimum absolute atomic E-state index is 0.0277. The van der Waals surface area contributed by atoms with Gasteiger partial charge in [-0.05, 0) is 41.5 Å². The zero-order valence-corrected chi connectivity index (χ0v) is 15.4. The predicted molar refractivity (Wildman–Crippen MR) is 108 cm³/mol. The van der Waals surface area contributed by atoms with Crippen LogP contribution in [0.15, 0.2) is 59.4 Å². The first-order valence-electron chi connectivity index (χ1n) is 8.41. The van der Waals surface area contributed by atoms with Gasteiger partial charge in [0, 0.05) is 22.0 Å². The van der Waals surface area contributed by atoms with Crippen LogP contribution in [-0.2, 0) is 0 Å². The maximum absolute atomic E-state index is 14.2. The number of aromatic nitrogens is 1. The summed E-state index contributed by atoms with van der Waals surface area (Å²) in [4.78, 5) is 18.6. The SMILES string of the molecule is [C-]#[N+]c1cc2c(O)c(-c3cccc(-c4ccc(F)cc4F)c3)c(=O)[nH]c2cc1Cl. The Labute approximate surface area is 168 Å². The van der Waals surface area contributed by atoms with Gasteiger partial charge in [0.15, 0.2) is 0 Å². The van der Waals surface area contributed by atoms with Crippen molar-refractivity contribution in [2.24, 2.45) is 0 Å². The van der Waals surface area contributed by atoms with Crippen LogP contribution in [0, 0.1) is 18.2 Å². The molecule has 0 saturated heterocycles. The second-order valence-electron chi connectivity index (χ2n) is 6.34. The van der Waals surface area contributed by atoms with Crippen LogP contribution in [0.4, 0.5) is 14.5 Å². The molecule has 0 bridgehead atoms. The maximum Gasteiger partial charge on any atom is 0.260 e. The van der Waals surface area contributed by atoms with Gasteiger partial charge in [0.25, 0.3) is 5.56 Å². The fourth-order valence-corrected chi connectivity index (χ4v) is 3.41. The van der Waals surface area contributed by atoms with E-state index in [1.807, 2.05) is 0 Å². The second kappa shape index (κ2) is 7.04. The lowest BCUT2D eigenvalue weighted by atomic mass is 9.98. The topological polar surface area (TPSA) is 57.4 Å². The van der Waals surface area contributed by atoms with E-state index < -0.39 is 17.2 Å². The number of aromatic hydroxyl groups is 1. The van der Waals surface area contributed by atoms with Crippen molar-refractivity contribution in [1.82, 2.24) is 4.98 Å². The van der Waals surface area contributed by atoms with Gasteiger partial charge in [0.1, 0.15) is 17.4 Å². The third kappa shape index (κ3) is 3.22. The van der Waals surface area contributed by atoms with Crippen molar-refractivity contribution >= 4 is 28.2 Å². The minimum atomic E-state index is -0.741. The first-order chi connectivity index (χ1) is 13.9. The van der Waals surface area contributed by atoms with E-state index in [9.17, 15) is 18.7 Å². The van der Waals surface area contributed by atoms with Crippen molar-refractivity contribution in [2.75, 3.05) is 0 Å². The fourth-order valence-electron chi connectivity index (χ4n) is 3.21. The molecule has 4 aromatic rings. The zero-order chi connectivity index (χ0) is 20.7. The van der Waals surface area contributed by atoms with Crippen molar-refractivity contribution in [3.05, 3.63) is 93.0 Å². The molecule has 0 atom stereocenters. The zero-order valence-electron chi connectivity index (χ0n) is 14.6. The quantitative estimate of drug-likeness (QED) is 0.397. The molecule has 0 fully saturated rings. The van der Waals surface area contributed by atoms with Gasteiger partial charge in [-0.2, -0.15) is 0 Å². The van der Waals surface area contributed by atoms with Gasteiger partial charge in [0.2, 0.25) is 5.69 Å². The average Bonchev–Trinajstić information content (AvgIpc) is 2.68. The standard InChI is InChI=1S/C22H11ClF2N2O2/c1-26-19-9-15-18(10-16(19)23)27-22(29)20(21(15)28)12-4-2-3-11(7-12)14-6-5-13(24)8-17(14)25/h2-10H,(H2,27,28,29). The number of rotatable bonds is 2. The summed E-state index contributed by atoms with van der Waals surface area (Å²) in [7, 11) is 0. The van der Waals surface area contributed by atoms with Crippen LogP contribution in [0.3, 0.4) is 0 Å². The van der Waals surface area contributed by atoms with E-state index in [1.54, 1.807) is 18.2 Å². The predicted octanol–water partition coefficient (Wildman–Crippen LogP) is 6.05. The second-order valence-corrected chi connectivity index (χ2v) is 6.75. The van der Waals surface area contributed by atoms with E-state index >= 15 is 0 Å². The van der Waals surface area contributed by atoms with Crippen LogP contribution in [0.5, 0.6) is 5.75 Å². The molecule has 0 aliphatic carbocycles. The van der Waals surface area contributed by atoms with Gasteiger partial charge in [-0.15, -0.1) is 0 Å². The summed E-state index contributed by atoms with van der Waals surface area (Å²) in [6, 6.07) is 12.3. The van der Waals surface area contributed by atoms with Crippen LogP contribution < -0.4 is 5.56 Å². The highest BCUT2D eigenvalue weighted by Gasteiger charge is 2.17. The molecule has 0 aliphatic rings. The Balaban J connectivity index is 1.95. The molecule has 1 heterocycles. The molecule has 4 rings (SSSR count). The van der Waals surface area contributed by atoms with Crippen molar-refractivity contribution in [3.63, 3.8) is 0 Å². The number of halogens is 3. The molecule has 2 N–H and O–H groups in total. The van der Waals surface area contributed by atoms with Crippen LogP contribution in [0.2, 0.25) is 5.02 Å². The smallest absolute Gasteiger partial charge is 0.260 e. The van der Waals surface area contributed by atoms with Gasteiger partial charge in [0.05, 0.1) is 17.7 Å². The normalized spacial score (nSPS) is 10.8. The molecule has 0 radical (unpaired) electrons. The Bertz CT molecular complexity index is 1390. The van der Waals surface area contributed by atoms with Gasteiger partial charge in [-0.1, -0.05) is 29.8 Å². The Hall–Kier alpha value is -3.69. The minimum Gasteiger partial charge on any atom is -0.506 e. The van der Waals surface area contributed by atoms with Gasteiger partial charge < -0.3 is 10.1 Å². The molecular formula is C22H11ClF2N2O2. The molecule has 4 nitrogen and oxygen atoms in total. The molecule has 0 unspecified atom stereocenters. The van der Waals surface area contributed by atoms with Crippen LogP contribution in [0.1, 0.15) is 0 Å². The summed E-state index contributed by atoms with van der Waals surface area (Å²) >= 11 is 6.00. The average molecular weight is 409 g/mol. The molecule has 29 heavy (non-hydrogen) atoms. The maximum atomic E-state index is 14.2. The lowest BCUT2D eigenvalue weighted by molar-refractivity contribution is 0.482. The van der Waals surface area contributed by atoms with E-state index in [1.165, 1.54) is 24.3 Å². The van der Waals surface area contributed by atoms with Crippen molar-refractivity contribution in [2.45, 2.75) is 0 Å². The Kier molecular flexibility index (Phi) is 4.53. The van der Waals surface area contributed by atoms with Crippen LogP contribution >= 0.6 is 11.6 Å². The van der Waals surface area contributed by atoms with Gasteiger partial charge in [-0.25, -0.2) is 13.6 Å². The number of aromatic amines is 1.